The quantitative estimate of drug-likeness (QED) is 0.228. The van der Waals surface area contributed by atoms with Crippen molar-refractivity contribution in [3.8, 4) is 16.9 Å². The predicted octanol–water partition coefficient (Wildman–Crippen LogP) is 6.88. The molecule has 42 heavy (non-hydrogen) atoms. The number of rotatable bonds is 11. The molecule has 3 N–H and O–H groups in total. The number of nitrogens with one attached hydrogen (secondary N) is 2. The molecule has 2 atom stereocenters. The van der Waals surface area contributed by atoms with E-state index in [1.54, 1.807) is 70.2 Å². The van der Waals surface area contributed by atoms with Crippen molar-refractivity contribution in [2.24, 2.45) is 0 Å². The van der Waals surface area contributed by atoms with Crippen LogP contribution in [0.1, 0.15) is 63.3 Å². The molecular weight excluding hydrogens is 539 g/mol. The molecule has 3 aromatic carbocycles. The molecule has 224 valence electrons. The summed E-state index contributed by atoms with van der Waals surface area (Å²) in [6.07, 6.45) is 1.33. The summed E-state index contributed by atoms with van der Waals surface area (Å²) < 4.78 is 33.1. The van der Waals surface area contributed by atoms with E-state index in [-0.39, 0.29) is 19.1 Å². The van der Waals surface area contributed by atoms with Gasteiger partial charge in [-0.3, -0.25) is 4.79 Å². The minimum atomic E-state index is -0.945. The molecular formula is C33H39FN2O6. The van der Waals surface area contributed by atoms with Crippen LogP contribution in [0, 0.1) is 5.82 Å². The van der Waals surface area contributed by atoms with E-state index in [1.165, 1.54) is 0 Å². The largest absolute Gasteiger partial charge is 0.489 e. The summed E-state index contributed by atoms with van der Waals surface area (Å²) in [7, 11) is 0. The van der Waals surface area contributed by atoms with E-state index in [2.05, 4.69) is 10.6 Å². The SMILES string of the molecule is C[C@@H](NC(=O)OC(C)(C)C)c1cccc(-c2cc(COc3ccccc3CC(=O)O)cc(NCC3CCCO3)c2)c1F. The summed E-state index contributed by atoms with van der Waals surface area (Å²) in [5.74, 6) is -0.912. The zero-order chi connectivity index (χ0) is 30.3. The van der Waals surface area contributed by atoms with Crippen LogP contribution in [-0.4, -0.2) is 42.0 Å². The van der Waals surface area contributed by atoms with Crippen molar-refractivity contribution in [3.63, 3.8) is 0 Å². The third-order valence-corrected chi connectivity index (χ3v) is 6.80. The van der Waals surface area contributed by atoms with E-state index in [9.17, 15) is 14.7 Å². The molecule has 1 fully saturated rings. The second-order valence-electron chi connectivity index (χ2n) is 11.5. The highest BCUT2D eigenvalue weighted by molar-refractivity contribution is 5.72. The number of amides is 1. The highest BCUT2D eigenvalue weighted by Gasteiger charge is 2.22. The first kappa shape index (κ1) is 30.8. The van der Waals surface area contributed by atoms with Crippen LogP contribution in [-0.2, 0) is 27.3 Å². The van der Waals surface area contributed by atoms with Crippen molar-refractivity contribution in [1.29, 1.82) is 0 Å². The average molecular weight is 579 g/mol. The molecule has 0 saturated carbocycles. The molecule has 1 heterocycles. The third kappa shape index (κ3) is 8.69. The number of hydrogen-bond donors (Lipinski definition) is 3. The normalized spacial score (nSPS) is 15.6. The number of benzene rings is 3. The zero-order valence-electron chi connectivity index (χ0n) is 24.5. The van der Waals surface area contributed by atoms with Gasteiger partial charge in [0.1, 0.15) is 23.8 Å². The highest BCUT2D eigenvalue weighted by Crippen LogP contribution is 2.32. The molecule has 1 saturated heterocycles. The van der Waals surface area contributed by atoms with Crippen LogP contribution in [0.4, 0.5) is 14.9 Å². The van der Waals surface area contributed by atoms with Crippen molar-refractivity contribution < 1.29 is 33.3 Å². The minimum Gasteiger partial charge on any atom is -0.489 e. The molecule has 9 heteroatoms. The Bertz CT molecular complexity index is 1400. The summed E-state index contributed by atoms with van der Waals surface area (Å²) >= 11 is 0. The smallest absolute Gasteiger partial charge is 0.408 e. The Kier molecular flexibility index (Phi) is 10.1. The highest BCUT2D eigenvalue weighted by atomic mass is 19.1. The lowest BCUT2D eigenvalue weighted by Crippen LogP contribution is -2.34. The van der Waals surface area contributed by atoms with E-state index in [4.69, 9.17) is 14.2 Å². The van der Waals surface area contributed by atoms with Gasteiger partial charge in [0.15, 0.2) is 0 Å². The molecule has 0 aliphatic carbocycles. The van der Waals surface area contributed by atoms with Crippen molar-refractivity contribution in [2.45, 2.75) is 71.3 Å². The van der Waals surface area contributed by atoms with Crippen LogP contribution < -0.4 is 15.4 Å². The van der Waals surface area contributed by atoms with Gasteiger partial charge in [0.2, 0.25) is 0 Å². The number of carboxylic acid groups (broad SMARTS) is 1. The first-order valence-corrected chi connectivity index (χ1v) is 14.2. The van der Waals surface area contributed by atoms with E-state index in [1.807, 2.05) is 18.2 Å². The molecule has 0 aromatic heterocycles. The van der Waals surface area contributed by atoms with E-state index >= 15 is 4.39 Å². The molecule has 3 aromatic rings. The standard InChI is InChI=1S/C33H39FN2O6/c1-21(36-32(39)42-33(2,3)4)27-11-7-12-28(31(27)34)24-15-22(16-25(17-24)35-19-26-10-8-14-40-26)20-41-29-13-6-5-9-23(29)18-30(37)38/h5-7,9,11-13,15-17,21,26,35H,8,10,14,18-20H2,1-4H3,(H,36,39)(H,37,38)/t21-,26?/m1/s1. The van der Waals surface area contributed by atoms with Gasteiger partial charge in [0.05, 0.1) is 18.6 Å². The van der Waals surface area contributed by atoms with Crippen LogP contribution in [0.15, 0.2) is 60.7 Å². The Morgan fingerprint density at radius 1 is 1.12 bits per heavy atom. The molecule has 1 aliphatic heterocycles. The van der Waals surface area contributed by atoms with Crippen molar-refractivity contribution in [3.05, 3.63) is 83.2 Å². The monoisotopic (exact) mass is 578 g/mol. The fourth-order valence-corrected chi connectivity index (χ4v) is 4.85. The van der Waals surface area contributed by atoms with Crippen molar-refractivity contribution in [2.75, 3.05) is 18.5 Å². The topological polar surface area (TPSA) is 106 Å². The number of para-hydroxylation sites is 1. The molecule has 0 bridgehead atoms. The first-order valence-electron chi connectivity index (χ1n) is 14.2. The number of anilines is 1. The Morgan fingerprint density at radius 3 is 2.62 bits per heavy atom. The fourth-order valence-electron chi connectivity index (χ4n) is 4.85. The number of hydrogen-bond acceptors (Lipinski definition) is 6. The van der Waals surface area contributed by atoms with Crippen LogP contribution in [0.3, 0.4) is 0 Å². The first-order chi connectivity index (χ1) is 20.0. The van der Waals surface area contributed by atoms with Gasteiger partial charge < -0.3 is 30.0 Å². The molecule has 1 aliphatic rings. The fraction of sp³-hybridized carbons (Fsp3) is 0.394. The predicted molar refractivity (Wildman–Crippen MR) is 159 cm³/mol. The van der Waals surface area contributed by atoms with E-state index < -0.39 is 29.5 Å². The molecule has 1 unspecified atom stereocenters. The van der Waals surface area contributed by atoms with E-state index in [0.29, 0.717) is 34.5 Å². The van der Waals surface area contributed by atoms with Gasteiger partial charge in [0, 0.05) is 35.5 Å². The van der Waals surface area contributed by atoms with Crippen LogP contribution in [0.25, 0.3) is 11.1 Å². The Labute approximate surface area is 246 Å². The second-order valence-corrected chi connectivity index (χ2v) is 11.5. The zero-order valence-corrected chi connectivity index (χ0v) is 24.5. The van der Waals surface area contributed by atoms with Gasteiger partial charge in [-0.1, -0.05) is 36.4 Å². The van der Waals surface area contributed by atoms with Crippen LogP contribution >= 0.6 is 0 Å². The van der Waals surface area contributed by atoms with Gasteiger partial charge in [-0.15, -0.1) is 0 Å². The number of aliphatic carboxylic acids is 1. The lowest BCUT2D eigenvalue weighted by atomic mass is 9.97. The summed E-state index contributed by atoms with van der Waals surface area (Å²) in [4.78, 5) is 23.6. The summed E-state index contributed by atoms with van der Waals surface area (Å²) in [5.41, 5.74) is 2.79. The Morgan fingerprint density at radius 2 is 1.90 bits per heavy atom. The van der Waals surface area contributed by atoms with Crippen LogP contribution in [0.2, 0.25) is 0 Å². The van der Waals surface area contributed by atoms with E-state index in [0.717, 1.165) is 30.7 Å². The average Bonchev–Trinajstić information content (AvgIpc) is 3.44. The summed E-state index contributed by atoms with van der Waals surface area (Å²) in [6, 6.07) is 17.2. The molecule has 1 amide bonds. The third-order valence-electron chi connectivity index (χ3n) is 6.80. The maximum atomic E-state index is 16.0. The second kappa shape index (κ2) is 13.7. The molecule has 0 spiro atoms. The van der Waals surface area contributed by atoms with Gasteiger partial charge in [-0.25, -0.2) is 9.18 Å². The van der Waals surface area contributed by atoms with Crippen molar-refractivity contribution >= 4 is 17.7 Å². The van der Waals surface area contributed by atoms with Crippen LogP contribution in [0.5, 0.6) is 5.75 Å². The number of halogens is 1. The summed E-state index contributed by atoms with van der Waals surface area (Å²) in [6.45, 7) is 8.52. The lowest BCUT2D eigenvalue weighted by molar-refractivity contribution is -0.136. The van der Waals surface area contributed by atoms with Gasteiger partial charge in [0.25, 0.3) is 0 Å². The molecule has 4 rings (SSSR count). The van der Waals surface area contributed by atoms with Gasteiger partial charge in [-0.05, 0) is 75.9 Å². The number of carbonyl (C=O) groups excluding carboxylic acids is 1. The van der Waals surface area contributed by atoms with Gasteiger partial charge in [-0.2, -0.15) is 0 Å². The number of carbonyl (C=O) groups is 2. The molecule has 8 nitrogen and oxygen atoms in total. The maximum Gasteiger partial charge on any atom is 0.408 e. The number of carboxylic acids is 1. The van der Waals surface area contributed by atoms with Gasteiger partial charge >= 0.3 is 12.1 Å². The lowest BCUT2D eigenvalue weighted by Gasteiger charge is -2.22. The maximum absolute atomic E-state index is 16.0. The Hall–Kier alpha value is -4.11. The summed E-state index contributed by atoms with van der Waals surface area (Å²) in [5, 5.41) is 15.4. The molecule has 0 radical (unpaired) electrons. The number of ether oxygens (including phenoxy) is 3. The number of alkyl carbamates (subject to hydrolysis) is 1. The minimum absolute atomic E-state index is 0.107. The Balaban J connectivity index is 1.61. The van der Waals surface area contributed by atoms with Crippen molar-refractivity contribution in [1.82, 2.24) is 5.32 Å².